The number of pyridine rings is 1. The second-order valence-electron chi connectivity index (χ2n) is 3.72. The molecule has 82 valence electrons. The molecule has 0 bridgehead atoms. The second-order valence-corrected chi connectivity index (χ2v) is 3.72. The Bertz CT molecular complexity index is 534. The Morgan fingerprint density at radius 2 is 2.19 bits per heavy atom. The Morgan fingerprint density at radius 3 is 2.94 bits per heavy atom. The molecule has 0 atom stereocenters. The van der Waals surface area contributed by atoms with Crippen molar-refractivity contribution in [1.82, 2.24) is 4.98 Å². The van der Waals surface area contributed by atoms with E-state index in [0.717, 1.165) is 22.0 Å². The first-order valence-corrected chi connectivity index (χ1v) is 5.15. The minimum Gasteiger partial charge on any atom is -0.461 e. The number of ether oxygens (including phenoxy) is 1. The maximum absolute atomic E-state index is 10.8. The summed E-state index contributed by atoms with van der Waals surface area (Å²) in [6, 6.07) is 7.93. The van der Waals surface area contributed by atoms with Gasteiger partial charge in [0, 0.05) is 24.1 Å². The van der Waals surface area contributed by atoms with Crippen molar-refractivity contribution in [2.75, 3.05) is 0 Å². The van der Waals surface area contributed by atoms with Crippen LogP contribution in [0.3, 0.4) is 0 Å². The molecule has 16 heavy (non-hydrogen) atoms. The lowest BCUT2D eigenvalue weighted by atomic mass is 10.0. The molecular formula is C13H13NO2. The summed E-state index contributed by atoms with van der Waals surface area (Å²) in [6.07, 6.45) is 1.75. The van der Waals surface area contributed by atoms with Crippen LogP contribution in [0.1, 0.15) is 18.1 Å². The average molecular weight is 215 g/mol. The number of aromatic nitrogens is 1. The SMILES string of the molecule is CC(=O)OCc1c(C)ccc2cccnc12. The fourth-order valence-corrected chi connectivity index (χ4v) is 1.66. The zero-order valence-corrected chi connectivity index (χ0v) is 9.36. The molecule has 0 spiro atoms. The molecule has 2 rings (SSSR count). The molecule has 0 unspecified atom stereocenters. The lowest BCUT2D eigenvalue weighted by Crippen LogP contribution is -2.01. The number of hydrogen-bond acceptors (Lipinski definition) is 3. The molecule has 0 aliphatic heterocycles. The van der Waals surface area contributed by atoms with E-state index in [4.69, 9.17) is 4.74 Å². The van der Waals surface area contributed by atoms with Gasteiger partial charge in [-0.2, -0.15) is 0 Å². The van der Waals surface area contributed by atoms with E-state index >= 15 is 0 Å². The highest BCUT2D eigenvalue weighted by atomic mass is 16.5. The quantitative estimate of drug-likeness (QED) is 0.723. The summed E-state index contributed by atoms with van der Waals surface area (Å²) in [6.45, 7) is 3.69. The van der Waals surface area contributed by atoms with Gasteiger partial charge in [0.15, 0.2) is 0 Å². The summed E-state index contributed by atoms with van der Waals surface area (Å²) >= 11 is 0. The fraction of sp³-hybridized carbons (Fsp3) is 0.231. The fourth-order valence-electron chi connectivity index (χ4n) is 1.66. The van der Waals surface area contributed by atoms with Gasteiger partial charge < -0.3 is 4.74 Å². The monoisotopic (exact) mass is 215 g/mol. The van der Waals surface area contributed by atoms with Crippen molar-refractivity contribution in [2.24, 2.45) is 0 Å². The van der Waals surface area contributed by atoms with Crippen LogP contribution in [0.2, 0.25) is 0 Å². The first-order chi connectivity index (χ1) is 7.68. The Morgan fingerprint density at radius 1 is 1.38 bits per heavy atom. The van der Waals surface area contributed by atoms with Crippen LogP contribution < -0.4 is 0 Å². The van der Waals surface area contributed by atoms with Gasteiger partial charge in [-0.1, -0.05) is 18.2 Å². The van der Waals surface area contributed by atoms with Crippen molar-refractivity contribution in [3.8, 4) is 0 Å². The highest BCUT2D eigenvalue weighted by Gasteiger charge is 2.06. The van der Waals surface area contributed by atoms with Gasteiger partial charge in [0.1, 0.15) is 6.61 Å². The van der Waals surface area contributed by atoms with Crippen molar-refractivity contribution in [3.05, 3.63) is 41.6 Å². The third-order valence-corrected chi connectivity index (χ3v) is 2.53. The molecule has 0 saturated carbocycles. The molecule has 2 aromatic rings. The third-order valence-electron chi connectivity index (χ3n) is 2.53. The zero-order chi connectivity index (χ0) is 11.5. The van der Waals surface area contributed by atoms with E-state index in [1.54, 1.807) is 6.20 Å². The predicted octanol–water partition coefficient (Wildman–Crippen LogP) is 2.61. The molecule has 0 N–H and O–H groups in total. The standard InChI is InChI=1S/C13H13NO2/c1-9-5-6-11-4-3-7-14-13(11)12(9)8-16-10(2)15/h3-7H,8H2,1-2H3. The van der Waals surface area contributed by atoms with E-state index in [-0.39, 0.29) is 12.6 Å². The maximum Gasteiger partial charge on any atom is 0.302 e. The van der Waals surface area contributed by atoms with Crippen molar-refractivity contribution in [2.45, 2.75) is 20.5 Å². The lowest BCUT2D eigenvalue weighted by molar-refractivity contribution is -0.142. The molecule has 1 aromatic heterocycles. The first-order valence-electron chi connectivity index (χ1n) is 5.15. The molecule has 1 heterocycles. The number of rotatable bonds is 2. The van der Waals surface area contributed by atoms with Crippen LogP contribution in [0.15, 0.2) is 30.5 Å². The van der Waals surface area contributed by atoms with Gasteiger partial charge in [0.2, 0.25) is 0 Å². The number of hydrogen-bond donors (Lipinski definition) is 0. The van der Waals surface area contributed by atoms with E-state index in [2.05, 4.69) is 4.98 Å². The van der Waals surface area contributed by atoms with E-state index in [1.165, 1.54) is 6.92 Å². The maximum atomic E-state index is 10.8. The van der Waals surface area contributed by atoms with Crippen molar-refractivity contribution >= 4 is 16.9 Å². The number of esters is 1. The largest absolute Gasteiger partial charge is 0.461 e. The van der Waals surface area contributed by atoms with Crippen LogP contribution in [-0.2, 0) is 16.1 Å². The summed E-state index contributed by atoms with van der Waals surface area (Å²) < 4.78 is 5.04. The van der Waals surface area contributed by atoms with Crippen molar-refractivity contribution in [3.63, 3.8) is 0 Å². The van der Waals surface area contributed by atoms with E-state index < -0.39 is 0 Å². The summed E-state index contributed by atoms with van der Waals surface area (Å²) in [5, 5.41) is 1.07. The number of fused-ring (bicyclic) bond motifs is 1. The average Bonchev–Trinajstić information content (AvgIpc) is 2.27. The minimum atomic E-state index is -0.271. The van der Waals surface area contributed by atoms with E-state index in [0.29, 0.717) is 0 Å². The highest BCUT2D eigenvalue weighted by Crippen LogP contribution is 2.20. The molecule has 1 aromatic carbocycles. The Labute approximate surface area is 94.1 Å². The van der Waals surface area contributed by atoms with Crippen LogP contribution in [0.25, 0.3) is 10.9 Å². The lowest BCUT2D eigenvalue weighted by Gasteiger charge is -2.09. The smallest absolute Gasteiger partial charge is 0.302 e. The van der Waals surface area contributed by atoms with E-state index in [1.807, 2.05) is 31.2 Å². The normalized spacial score (nSPS) is 10.4. The zero-order valence-electron chi connectivity index (χ0n) is 9.36. The van der Waals surface area contributed by atoms with Gasteiger partial charge in [-0.3, -0.25) is 9.78 Å². The molecule has 0 amide bonds. The van der Waals surface area contributed by atoms with Gasteiger partial charge >= 0.3 is 5.97 Å². The number of carbonyl (C=O) groups excluding carboxylic acids is 1. The van der Waals surface area contributed by atoms with Crippen molar-refractivity contribution in [1.29, 1.82) is 0 Å². The van der Waals surface area contributed by atoms with Crippen LogP contribution in [0, 0.1) is 6.92 Å². The Kier molecular flexibility index (Phi) is 2.86. The molecule has 0 aliphatic carbocycles. The number of nitrogens with zero attached hydrogens (tertiary/aromatic N) is 1. The topological polar surface area (TPSA) is 39.2 Å². The van der Waals surface area contributed by atoms with Gasteiger partial charge in [-0.25, -0.2) is 0 Å². The summed E-state index contributed by atoms with van der Waals surface area (Å²) in [5.74, 6) is -0.271. The number of benzene rings is 1. The van der Waals surface area contributed by atoms with Crippen LogP contribution in [0.4, 0.5) is 0 Å². The molecular weight excluding hydrogens is 202 g/mol. The predicted molar refractivity (Wildman–Crippen MR) is 62.0 cm³/mol. The van der Waals surface area contributed by atoms with Crippen molar-refractivity contribution < 1.29 is 9.53 Å². The molecule has 3 nitrogen and oxygen atoms in total. The summed E-state index contributed by atoms with van der Waals surface area (Å²) in [4.78, 5) is 15.2. The first kappa shape index (κ1) is 10.6. The van der Waals surface area contributed by atoms with Gasteiger partial charge in [0.25, 0.3) is 0 Å². The molecule has 0 radical (unpaired) electrons. The van der Waals surface area contributed by atoms with Gasteiger partial charge in [-0.15, -0.1) is 0 Å². The van der Waals surface area contributed by atoms with Crippen LogP contribution in [-0.4, -0.2) is 11.0 Å². The molecule has 3 heteroatoms. The van der Waals surface area contributed by atoms with Gasteiger partial charge in [-0.05, 0) is 18.6 Å². The third kappa shape index (κ3) is 2.03. The summed E-state index contributed by atoms with van der Waals surface area (Å²) in [7, 11) is 0. The summed E-state index contributed by atoms with van der Waals surface area (Å²) in [5.41, 5.74) is 2.98. The highest BCUT2D eigenvalue weighted by molar-refractivity contribution is 5.82. The van der Waals surface area contributed by atoms with E-state index in [9.17, 15) is 4.79 Å². The Hall–Kier alpha value is -1.90. The minimum absolute atomic E-state index is 0.271. The molecule has 0 saturated heterocycles. The molecule has 0 fully saturated rings. The molecule has 0 aliphatic rings. The number of carbonyl (C=O) groups is 1. The van der Waals surface area contributed by atoms with Crippen LogP contribution in [0.5, 0.6) is 0 Å². The Balaban J connectivity index is 2.48. The van der Waals surface area contributed by atoms with Gasteiger partial charge in [0.05, 0.1) is 5.52 Å². The van der Waals surface area contributed by atoms with Crippen LogP contribution >= 0.6 is 0 Å². The second kappa shape index (κ2) is 4.31. The number of aryl methyl sites for hydroxylation is 1.